The predicted octanol–water partition coefficient (Wildman–Crippen LogP) is 3.75. The van der Waals surface area contributed by atoms with E-state index in [0.29, 0.717) is 29.2 Å². The Hall–Kier alpha value is -2.59. The quantitative estimate of drug-likeness (QED) is 0.373. The van der Waals surface area contributed by atoms with Crippen molar-refractivity contribution >= 4 is 17.9 Å². The Morgan fingerprint density at radius 3 is 2.28 bits per heavy atom. The number of nitrogens with two attached hydrogens (primary N) is 1. The molecule has 0 saturated heterocycles. The second-order valence-electron chi connectivity index (χ2n) is 12.7. The standard InChI is InChI=1S/C29H35F2NO7/c1-14-18-7-17-8-19(14)12-27(10-17,11-18)25(35)38-15(2)39-26(36)29(32)22(9-21-23(29)28(21,31)24(33)34)37-13-16-3-5-20(30)6-4-16/h3-6,14-15,17-19,21-23H,7-13,32H2,1-2H3,(H,33,34)/t14?,15-,17?,18?,19?,21+,22+,23-,27?,28+,29-/m0/s1. The van der Waals surface area contributed by atoms with Gasteiger partial charge in [-0.05, 0) is 79.9 Å². The van der Waals surface area contributed by atoms with Gasteiger partial charge >= 0.3 is 17.9 Å². The molecule has 1 aromatic carbocycles. The molecule has 0 radical (unpaired) electrons. The Balaban J connectivity index is 1.14. The minimum absolute atomic E-state index is 0.0437. The lowest BCUT2D eigenvalue weighted by Gasteiger charge is -2.58. The van der Waals surface area contributed by atoms with Crippen LogP contribution in [0.25, 0.3) is 0 Å². The Morgan fingerprint density at radius 1 is 1.05 bits per heavy atom. The van der Waals surface area contributed by atoms with Crippen molar-refractivity contribution in [3.63, 3.8) is 0 Å². The van der Waals surface area contributed by atoms with Gasteiger partial charge in [0.05, 0.1) is 18.1 Å². The van der Waals surface area contributed by atoms with Crippen LogP contribution >= 0.6 is 0 Å². The third-order valence-electron chi connectivity index (χ3n) is 10.6. The molecule has 0 amide bonds. The third-order valence-corrected chi connectivity index (χ3v) is 10.6. The minimum Gasteiger partial charge on any atom is -0.479 e. The zero-order valence-electron chi connectivity index (χ0n) is 22.1. The molecule has 6 fully saturated rings. The van der Waals surface area contributed by atoms with Crippen LogP contribution in [0.15, 0.2) is 24.3 Å². The van der Waals surface area contributed by atoms with Gasteiger partial charge in [0.2, 0.25) is 12.0 Å². The molecular weight excluding hydrogens is 512 g/mol. The van der Waals surface area contributed by atoms with Crippen LogP contribution in [0.4, 0.5) is 8.78 Å². The molecule has 4 bridgehead atoms. The number of hydrogen-bond acceptors (Lipinski definition) is 7. The SMILES string of the molecule is CC1C2CC3CC1CC(C(=O)O[C@H](C)OC(=O)[C@@]1(N)[C@H]4[C@@H](C[C@H]1OCc1ccc(F)cc1)[C@]4(F)C(=O)O)(C3)C2. The molecule has 212 valence electrons. The summed E-state index contributed by atoms with van der Waals surface area (Å²) in [7, 11) is 0. The van der Waals surface area contributed by atoms with Gasteiger partial charge in [0.25, 0.3) is 0 Å². The molecule has 0 heterocycles. The topological polar surface area (TPSA) is 125 Å². The van der Waals surface area contributed by atoms with Gasteiger partial charge in [0, 0.05) is 18.8 Å². The van der Waals surface area contributed by atoms with Crippen LogP contribution in [-0.2, 0) is 35.2 Å². The molecule has 6 aliphatic rings. The highest BCUT2D eigenvalue weighted by Gasteiger charge is 2.85. The number of aliphatic carboxylic acids is 1. The number of esters is 2. The molecule has 6 aliphatic carbocycles. The first-order valence-electron chi connectivity index (χ1n) is 13.9. The number of carboxylic acids is 1. The number of carbonyl (C=O) groups is 3. The number of fused-ring (bicyclic) bond motifs is 1. The third kappa shape index (κ3) is 4.00. The number of halogens is 2. The molecule has 8 atom stereocenters. The van der Waals surface area contributed by atoms with Gasteiger partial charge in [-0.15, -0.1) is 0 Å². The molecule has 0 aliphatic heterocycles. The molecule has 2 unspecified atom stereocenters. The van der Waals surface area contributed by atoms with Crippen molar-refractivity contribution in [1.29, 1.82) is 0 Å². The van der Waals surface area contributed by atoms with E-state index in [0.717, 1.165) is 32.1 Å². The van der Waals surface area contributed by atoms with Crippen LogP contribution in [0.3, 0.4) is 0 Å². The van der Waals surface area contributed by atoms with E-state index in [1.54, 1.807) is 0 Å². The second kappa shape index (κ2) is 8.96. The lowest BCUT2D eigenvalue weighted by molar-refractivity contribution is -0.209. The fourth-order valence-electron chi connectivity index (χ4n) is 8.65. The lowest BCUT2D eigenvalue weighted by Crippen LogP contribution is -2.61. The molecule has 39 heavy (non-hydrogen) atoms. The van der Waals surface area contributed by atoms with Crippen LogP contribution < -0.4 is 5.73 Å². The van der Waals surface area contributed by atoms with Gasteiger partial charge in [-0.25, -0.2) is 18.4 Å². The highest BCUT2D eigenvalue weighted by molar-refractivity contribution is 5.91. The number of alkyl halides is 1. The first-order valence-corrected chi connectivity index (χ1v) is 13.9. The zero-order chi connectivity index (χ0) is 27.9. The number of carbonyl (C=O) groups excluding carboxylic acids is 2. The number of rotatable bonds is 8. The van der Waals surface area contributed by atoms with Crippen molar-refractivity contribution in [2.45, 2.75) is 82.6 Å². The molecular formula is C29H35F2NO7. The summed E-state index contributed by atoms with van der Waals surface area (Å²) in [4.78, 5) is 38.5. The van der Waals surface area contributed by atoms with E-state index in [9.17, 15) is 23.9 Å². The summed E-state index contributed by atoms with van der Waals surface area (Å²) < 4.78 is 45.5. The van der Waals surface area contributed by atoms with E-state index in [1.165, 1.54) is 31.2 Å². The van der Waals surface area contributed by atoms with Crippen LogP contribution in [0.1, 0.15) is 57.9 Å². The summed E-state index contributed by atoms with van der Waals surface area (Å²) in [6.45, 7) is 3.63. The van der Waals surface area contributed by atoms with Gasteiger partial charge in [-0.1, -0.05) is 19.1 Å². The summed E-state index contributed by atoms with van der Waals surface area (Å²) in [6, 6.07) is 5.52. The molecule has 0 aromatic heterocycles. The summed E-state index contributed by atoms with van der Waals surface area (Å²) in [5.41, 5.74) is 1.73. The fraction of sp³-hybridized carbons (Fsp3) is 0.690. The highest BCUT2D eigenvalue weighted by atomic mass is 19.1. The molecule has 1 aromatic rings. The molecule has 7 rings (SSSR count). The first-order chi connectivity index (χ1) is 18.4. The Kier molecular flexibility index (Phi) is 6.12. The molecule has 0 spiro atoms. The van der Waals surface area contributed by atoms with Crippen LogP contribution in [-0.4, -0.2) is 46.6 Å². The van der Waals surface area contributed by atoms with E-state index < -0.39 is 58.6 Å². The summed E-state index contributed by atoms with van der Waals surface area (Å²) in [6.07, 6.45) is 2.18. The maximum absolute atomic E-state index is 15.3. The van der Waals surface area contributed by atoms with Crippen molar-refractivity contribution in [3.05, 3.63) is 35.6 Å². The van der Waals surface area contributed by atoms with E-state index in [1.807, 2.05) is 0 Å². The van der Waals surface area contributed by atoms with Gasteiger partial charge in [-0.3, -0.25) is 4.79 Å². The van der Waals surface area contributed by atoms with E-state index in [2.05, 4.69) is 6.92 Å². The summed E-state index contributed by atoms with van der Waals surface area (Å²) in [5, 5.41) is 9.50. The van der Waals surface area contributed by atoms with E-state index in [4.69, 9.17) is 19.9 Å². The molecule has 6 saturated carbocycles. The number of benzene rings is 1. The maximum atomic E-state index is 15.3. The Bertz CT molecular complexity index is 1180. The maximum Gasteiger partial charge on any atom is 0.342 e. The van der Waals surface area contributed by atoms with Gasteiger partial charge in [0.1, 0.15) is 11.4 Å². The summed E-state index contributed by atoms with van der Waals surface area (Å²) in [5.74, 6) is -3.84. The number of hydrogen-bond donors (Lipinski definition) is 2. The van der Waals surface area contributed by atoms with Gasteiger partial charge in [-0.2, -0.15) is 0 Å². The highest BCUT2D eigenvalue weighted by Crippen LogP contribution is 2.67. The van der Waals surface area contributed by atoms with Crippen molar-refractivity contribution in [2.75, 3.05) is 0 Å². The van der Waals surface area contributed by atoms with Crippen LogP contribution in [0, 0.1) is 46.7 Å². The number of ether oxygens (including phenoxy) is 3. The molecule has 10 heteroatoms. The summed E-state index contributed by atoms with van der Waals surface area (Å²) >= 11 is 0. The Morgan fingerprint density at radius 2 is 1.67 bits per heavy atom. The lowest BCUT2D eigenvalue weighted by atomic mass is 9.46. The second-order valence-corrected chi connectivity index (χ2v) is 12.7. The zero-order valence-corrected chi connectivity index (χ0v) is 22.1. The number of carboxylic acid groups (broad SMARTS) is 1. The van der Waals surface area contributed by atoms with Crippen molar-refractivity contribution in [2.24, 2.45) is 46.7 Å². The smallest absolute Gasteiger partial charge is 0.342 e. The van der Waals surface area contributed by atoms with Gasteiger partial charge in [0.15, 0.2) is 0 Å². The largest absolute Gasteiger partial charge is 0.479 e. The predicted molar refractivity (Wildman–Crippen MR) is 132 cm³/mol. The average molecular weight is 548 g/mol. The van der Waals surface area contributed by atoms with Crippen molar-refractivity contribution in [1.82, 2.24) is 0 Å². The van der Waals surface area contributed by atoms with Crippen molar-refractivity contribution in [3.8, 4) is 0 Å². The van der Waals surface area contributed by atoms with Crippen molar-refractivity contribution < 1.29 is 42.5 Å². The van der Waals surface area contributed by atoms with Crippen LogP contribution in [0.5, 0.6) is 0 Å². The Labute approximate surface area is 225 Å². The van der Waals surface area contributed by atoms with E-state index in [-0.39, 0.29) is 19.0 Å². The molecule has 8 nitrogen and oxygen atoms in total. The van der Waals surface area contributed by atoms with Gasteiger partial charge < -0.3 is 25.1 Å². The fourth-order valence-corrected chi connectivity index (χ4v) is 8.65. The molecule has 3 N–H and O–H groups in total. The van der Waals surface area contributed by atoms with E-state index >= 15 is 4.39 Å². The normalized spacial score (nSPS) is 44.0. The monoisotopic (exact) mass is 547 g/mol. The van der Waals surface area contributed by atoms with Crippen LogP contribution in [0.2, 0.25) is 0 Å². The minimum atomic E-state index is -2.67. The average Bonchev–Trinajstić information content (AvgIpc) is 3.36. The first kappa shape index (κ1) is 26.6.